The number of amides is 2. The molecule has 10 heteroatoms. The quantitative estimate of drug-likeness (QED) is 0.476. The molecule has 1 aliphatic carbocycles. The molecule has 1 aliphatic rings. The Balaban J connectivity index is 1.93. The molecule has 0 radical (unpaired) electrons. The first-order chi connectivity index (χ1) is 16.6. The van der Waals surface area contributed by atoms with Crippen LogP contribution in [0, 0.1) is 0 Å². The molecule has 2 aromatic carbocycles. The van der Waals surface area contributed by atoms with Crippen LogP contribution in [-0.2, 0) is 26.2 Å². The van der Waals surface area contributed by atoms with E-state index in [-0.39, 0.29) is 18.5 Å². The van der Waals surface area contributed by atoms with Crippen LogP contribution in [0.15, 0.2) is 48.5 Å². The summed E-state index contributed by atoms with van der Waals surface area (Å²) in [7, 11) is -3.76. The van der Waals surface area contributed by atoms with Crippen LogP contribution < -0.4 is 9.62 Å². The van der Waals surface area contributed by atoms with E-state index < -0.39 is 28.5 Å². The number of sulfonamides is 1. The van der Waals surface area contributed by atoms with Crippen molar-refractivity contribution in [1.82, 2.24) is 10.2 Å². The van der Waals surface area contributed by atoms with Gasteiger partial charge in [-0.05, 0) is 49.1 Å². The molecule has 3 rings (SSSR count). The Labute approximate surface area is 217 Å². The summed E-state index contributed by atoms with van der Waals surface area (Å²) in [4.78, 5) is 28.4. The van der Waals surface area contributed by atoms with Gasteiger partial charge in [-0.1, -0.05) is 67.2 Å². The van der Waals surface area contributed by atoms with Gasteiger partial charge in [0.1, 0.15) is 12.6 Å². The van der Waals surface area contributed by atoms with Gasteiger partial charge in [-0.15, -0.1) is 0 Å². The predicted molar refractivity (Wildman–Crippen MR) is 140 cm³/mol. The first-order valence-corrected chi connectivity index (χ1v) is 14.3. The fourth-order valence-electron chi connectivity index (χ4n) is 4.33. The maximum atomic E-state index is 13.7. The number of para-hydroxylation sites is 1. The van der Waals surface area contributed by atoms with Crippen LogP contribution in [0.4, 0.5) is 5.69 Å². The molecule has 1 atom stereocenters. The van der Waals surface area contributed by atoms with Gasteiger partial charge in [0, 0.05) is 22.6 Å². The van der Waals surface area contributed by atoms with Crippen molar-refractivity contribution in [2.24, 2.45) is 0 Å². The van der Waals surface area contributed by atoms with E-state index in [0.717, 1.165) is 36.2 Å². The van der Waals surface area contributed by atoms with Gasteiger partial charge in [0.25, 0.3) is 0 Å². The molecule has 0 spiro atoms. The van der Waals surface area contributed by atoms with Crippen molar-refractivity contribution in [3.63, 3.8) is 0 Å². The summed E-state index contributed by atoms with van der Waals surface area (Å²) >= 11 is 12.4. The zero-order valence-electron chi connectivity index (χ0n) is 19.9. The topological polar surface area (TPSA) is 86.8 Å². The number of benzene rings is 2. The third-order valence-electron chi connectivity index (χ3n) is 6.17. The van der Waals surface area contributed by atoms with Crippen LogP contribution in [-0.4, -0.2) is 50.0 Å². The first kappa shape index (κ1) is 27.3. The lowest BCUT2D eigenvalue weighted by Gasteiger charge is -2.33. The Hall–Kier alpha value is -2.29. The second-order valence-electron chi connectivity index (χ2n) is 8.78. The summed E-state index contributed by atoms with van der Waals surface area (Å²) in [5.74, 6) is -0.748. The zero-order chi connectivity index (χ0) is 25.6. The third kappa shape index (κ3) is 7.35. The highest BCUT2D eigenvalue weighted by Crippen LogP contribution is 2.25. The molecule has 190 valence electrons. The summed E-state index contributed by atoms with van der Waals surface area (Å²) in [6.45, 7) is 1.42. The molecule has 0 saturated heterocycles. The number of anilines is 1. The fourth-order valence-corrected chi connectivity index (χ4v) is 5.65. The van der Waals surface area contributed by atoms with Crippen LogP contribution in [0.1, 0.15) is 44.6 Å². The van der Waals surface area contributed by atoms with Crippen molar-refractivity contribution in [2.45, 2.75) is 57.7 Å². The van der Waals surface area contributed by atoms with Crippen molar-refractivity contribution in [2.75, 3.05) is 17.1 Å². The van der Waals surface area contributed by atoms with E-state index in [1.807, 2.05) is 6.92 Å². The van der Waals surface area contributed by atoms with E-state index in [1.165, 1.54) is 4.90 Å². The molecule has 0 aliphatic heterocycles. The number of carbonyl (C=O) groups is 2. The SMILES string of the molecule is CC[C@@H](C(=O)NC1CCCC1)N(Cc1ccc(Cl)cc1Cl)C(=O)CN(c1ccccc1)S(C)(=O)=O. The molecular weight excluding hydrogens is 509 g/mol. The maximum Gasteiger partial charge on any atom is 0.244 e. The largest absolute Gasteiger partial charge is 0.352 e. The van der Waals surface area contributed by atoms with Crippen LogP contribution in [0.3, 0.4) is 0 Å². The second kappa shape index (κ2) is 12.1. The normalized spacial score (nSPS) is 15.0. The number of nitrogens with zero attached hydrogens (tertiary/aromatic N) is 2. The van der Waals surface area contributed by atoms with E-state index in [0.29, 0.717) is 27.7 Å². The Bertz CT molecular complexity index is 1140. The predicted octanol–water partition coefficient (Wildman–Crippen LogP) is 4.63. The summed E-state index contributed by atoms with van der Waals surface area (Å²) < 4.78 is 26.2. The number of hydrogen-bond acceptors (Lipinski definition) is 4. The smallest absolute Gasteiger partial charge is 0.244 e. The van der Waals surface area contributed by atoms with Crippen LogP contribution in [0.25, 0.3) is 0 Å². The maximum absolute atomic E-state index is 13.7. The van der Waals surface area contributed by atoms with E-state index in [9.17, 15) is 18.0 Å². The lowest BCUT2D eigenvalue weighted by molar-refractivity contribution is -0.140. The molecule has 0 aromatic heterocycles. The number of hydrogen-bond donors (Lipinski definition) is 1. The lowest BCUT2D eigenvalue weighted by atomic mass is 10.1. The Morgan fingerprint density at radius 1 is 1.09 bits per heavy atom. The minimum Gasteiger partial charge on any atom is -0.352 e. The Morgan fingerprint density at radius 3 is 2.31 bits per heavy atom. The number of nitrogens with one attached hydrogen (secondary N) is 1. The van der Waals surface area contributed by atoms with E-state index in [2.05, 4.69) is 5.32 Å². The molecule has 2 amide bonds. The van der Waals surface area contributed by atoms with Crippen LogP contribution in [0.5, 0.6) is 0 Å². The zero-order valence-corrected chi connectivity index (χ0v) is 22.2. The van der Waals surface area contributed by atoms with E-state index >= 15 is 0 Å². The second-order valence-corrected chi connectivity index (χ2v) is 11.5. The average molecular weight is 541 g/mol. The minimum absolute atomic E-state index is 0.0395. The molecule has 1 N–H and O–H groups in total. The highest BCUT2D eigenvalue weighted by Gasteiger charge is 2.33. The van der Waals surface area contributed by atoms with Crippen molar-refractivity contribution in [3.8, 4) is 0 Å². The third-order valence-corrected chi connectivity index (χ3v) is 7.89. The van der Waals surface area contributed by atoms with Crippen LogP contribution in [0.2, 0.25) is 10.0 Å². The first-order valence-electron chi connectivity index (χ1n) is 11.7. The highest BCUT2D eigenvalue weighted by atomic mass is 35.5. The van der Waals surface area contributed by atoms with Gasteiger partial charge >= 0.3 is 0 Å². The van der Waals surface area contributed by atoms with Crippen molar-refractivity contribution >= 4 is 50.7 Å². The van der Waals surface area contributed by atoms with Gasteiger partial charge in [-0.25, -0.2) is 8.42 Å². The minimum atomic E-state index is -3.76. The van der Waals surface area contributed by atoms with Crippen molar-refractivity contribution < 1.29 is 18.0 Å². The molecule has 1 fully saturated rings. The van der Waals surface area contributed by atoms with E-state index in [1.54, 1.807) is 48.5 Å². The number of halogens is 2. The Morgan fingerprint density at radius 2 is 1.74 bits per heavy atom. The fraction of sp³-hybridized carbons (Fsp3) is 0.440. The number of rotatable bonds is 10. The van der Waals surface area contributed by atoms with Gasteiger partial charge in [-0.2, -0.15) is 0 Å². The van der Waals surface area contributed by atoms with Gasteiger partial charge in [0.15, 0.2) is 0 Å². The summed E-state index contributed by atoms with van der Waals surface area (Å²) in [6.07, 6.45) is 5.36. The van der Waals surface area contributed by atoms with Gasteiger partial charge < -0.3 is 10.2 Å². The highest BCUT2D eigenvalue weighted by molar-refractivity contribution is 7.92. The molecule has 7 nitrogen and oxygen atoms in total. The van der Waals surface area contributed by atoms with Gasteiger partial charge in [-0.3, -0.25) is 13.9 Å². The molecule has 0 bridgehead atoms. The Kier molecular flexibility index (Phi) is 9.44. The summed E-state index contributed by atoms with van der Waals surface area (Å²) in [5.41, 5.74) is 0.985. The molecule has 0 heterocycles. The summed E-state index contributed by atoms with van der Waals surface area (Å²) in [5, 5.41) is 3.89. The monoisotopic (exact) mass is 539 g/mol. The molecule has 1 saturated carbocycles. The van der Waals surface area contributed by atoms with Gasteiger partial charge in [0.05, 0.1) is 11.9 Å². The van der Waals surface area contributed by atoms with Crippen LogP contribution >= 0.6 is 23.2 Å². The van der Waals surface area contributed by atoms with Crippen molar-refractivity contribution in [3.05, 3.63) is 64.1 Å². The molecular formula is C25H31Cl2N3O4S. The van der Waals surface area contributed by atoms with Crippen molar-refractivity contribution in [1.29, 1.82) is 0 Å². The molecule has 2 aromatic rings. The number of carbonyl (C=O) groups excluding carboxylic acids is 2. The standard InChI is InChI=1S/C25H31Cl2N3O4S/c1-3-23(25(32)28-20-9-7-8-10-20)29(16-18-13-14-19(26)15-22(18)27)24(31)17-30(35(2,33)34)21-11-5-4-6-12-21/h4-6,11-15,20,23H,3,7-10,16-17H2,1-2H3,(H,28,32)/t23-/m0/s1. The van der Waals surface area contributed by atoms with Gasteiger partial charge in [0.2, 0.25) is 21.8 Å². The lowest BCUT2D eigenvalue weighted by Crippen LogP contribution is -2.53. The van der Waals surface area contributed by atoms with E-state index in [4.69, 9.17) is 23.2 Å². The molecule has 0 unspecified atom stereocenters. The molecule has 35 heavy (non-hydrogen) atoms. The average Bonchev–Trinajstić information content (AvgIpc) is 3.31. The summed E-state index contributed by atoms with van der Waals surface area (Å²) in [6, 6.07) is 12.7.